The number of hydrogen-bond acceptors (Lipinski definition) is 5. The van der Waals surface area contributed by atoms with Crippen molar-refractivity contribution in [3.05, 3.63) is 81.6 Å². The number of carbonyl (C=O) groups excluding carboxylic acids is 2. The van der Waals surface area contributed by atoms with Gasteiger partial charge in [-0.05, 0) is 31.0 Å². The highest BCUT2D eigenvalue weighted by Crippen LogP contribution is 2.30. The van der Waals surface area contributed by atoms with E-state index in [0.717, 1.165) is 17.7 Å². The third kappa shape index (κ3) is 5.03. The zero-order chi connectivity index (χ0) is 21.8. The lowest BCUT2D eigenvalue weighted by Crippen LogP contribution is -2.36. The molecule has 1 aliphatic rings. The lowest BCUT2D eigenvalue weighted by Gasteiger charge is -2.23. The van der Waals surface area contributed by atoms with E-state index in [2.05, 4.69) is 20.6 Å². The molecule has 2 aromatic carbocycles. The van der Waals surface area contributed by atoms with Gasteiger partial charge in [-0.3, -0.25) is 14.4 Å². The SMILES string of the molecule is Cc1ccc(NC(=O)[C@@H]2CC(=O)Nc3nc(SCCc4ccccc4)[nH]c(=O)c32)cc1. The quantitative estimate of drug-likeness (QED) is 0.407. The Bertz CT molecular complexity index is 1160. The number of aryl methyl sites for hydroxylation is 2. The van der Waals surface area contributed by atoms with Gasteiger partial charge < -0.3 is 15.6 Å². The van der Waals surface area contributed by atoms with Gasteiger partial charge in [0.2, 0.25) is 11.8 Å². The van der Waals surface area contributed by atoms with Crippen LogP contribution in [0, 0.1) is 6.92 Å². The lowest BCUT2D eigenvalue weighted by atomic mass is 9.92. The van der Waals surface area contributed by atoms with E-state index in [0.29, 0.717) is 10.8 Å². The van der Waals surface area contributed by atoms with Gasteiger partial charge in [-0.1, -0.05) is 59.8 Å². The van der Waals surface area contributed by atoms with E-state index in [9.17, 15) is 14.4 Å². The molecule has 2 heterocycles. The molecular formula is C23H22N4O3S. The van der Waals surface area contributed by atoms with Crippen molar-refractivity contribution in [3.63, 3.8) is 0 Å². The largest absolute Gasteiger partial charge is 0.326 e. The van der Waals surface area contributed by atoms with Gasteiger partial charge >= 0.3 is 0 Å². The van der Waals surface area contributed by atoms with E-state index in [1.54, 1.807) is 12.1 Å². The molecule has 0 saturated carbocycles. The van der Waals surface area contributed by atoms with Crippen LogP contribution in [0.15, 0.2) is 64.5 Å². The summed E-state index contributed by atoms with van der Waals surface area (Å²) in [4.78, 5) is 45.0. The third-order valence-electron chi connectivity index (χ3n) is 5.04. The Hall–Kier alpha value is -3.39. The Balaban J connectivity index is 1.51. The van der Waals surface area contributed by atoms with Crippen LogP contribution in [0.3, 0.4) is 0 Å². The number of nitrogens with one attached hydrogen (secondary N) is 3. The van der Waals surface area contributed by atoms with Crippen LogP contribution in [0.5, 0.6) is 0 Å². The zero-order valence-corrected chi connectivity index (χ0v) is 17.8. The fourth-order valence-electron chi connectivity index (χ4n) is 3.42. The van der Waals surface area contributed by atoms with Crippen molar-refractivity contribution >= 4 is 35.1 Å². The molecule has 1 atom stereocenters. The van der Waals surface area contributed by atoms with E-state index in [-0.39, 0.29) is 23.7 Å². The van der Waals surface area contributed by atoms with Crippen LogP contribution >= 0.6 is 11.8 Å². The average Bonchev–Trinajstić information content (AvgIpc) is 2.75. The van der Waals surface area contributed by atoms with Crippen molar-refractivity contribution < 1.29 is 9.59 Å². The number of aromatic nitrogens is 2. The first-order valence-electron chi connectivity index (χ1n) is 9.98. The first-order chi connectivity index (χ1) is 15.0. The molecule has 0 bridgehead atoms. The van der Waals surface area contributed by atoms with E-state index < -0.39 is 17.4 Å². The second-order valence-electron chi connectivity index (χ2n) is 7.38. The van der Waals surface area contributed by atoms with Crippen molar-refractivity contribution in [2.45, 2.75) is 30.8 Å². The van der Waals surface area contributed by atoms with Crippen molar-refractivity contribution in [3.8, 4) is 0 Å². The van der Waals surface area contributed by atoms with Crippen LogP contribution in [0.2, 0.25) is 0 Å². The number of hydrogen-bond donors (Lipinski definition) is 3. The lowest BCUT2D eigenvalue weighted by molar-refractivity contribution is -0.123. The number of aromatic amines is 1. The number of carbonyl (C=O) groups is 2. The van der Waals surface area contributed by atoms with Crippen LogP contribution in [0.25, 0.3) is 0 Å². The maximum absolute atomic E-state index is 12.8. The van der Waals surface area contributed by atoms with Crippen molar-refractivity contribution in [1.29, 1.82) is 0 Å². The van der Waals surface area contributed by atoms with Gasteiger partial charge in [-0.2, -0.15) is 0 Å². The number of benzene rings is 2. The molecule has 0 spiro atoms. The predicted molar refractivity (Wildman–Crippen MR) is 122 cm³/mol. The Kier molecular flexibility index (Phi) is 6.18. The molecule has 0 radical (unpaired) electrons. The molecule has 1 aliphatic heterocycles. The van der Waals surface area contributed by atoms with Crippen LogP contribution in [-0.2, 0) is 16.0 Å². The van der Waals surface area contributed by atoms with E-state index >= 15 is 0 Å². The summed E-state index contributed by atoms with van der Waals surface area (Å²) in [6.45, 7) is 1.95. The van der Waals surface area contributed by atoms with Crippen LogP contribution in [0.4, 0.5) is 11.5 Å². The molecule has 8 heteroatoms. The molecule has 4 rings (SSSR count). The predicted octanol–water partition coefficient (Wildman–Crippen LogP) is 3.48. The summed E-state index contributed by atoms with van der Waals surface area (Å²) in [5.41, 5.74) is 2.66. The molecule has 3 aromatic rings. The van der Waals surface area contributed by atoms with Crippen molar-refractivity contribution in [1.82, 2.24) is 9.97 Å². The molecule has 0 saturated heterocycles. The van der Waals surface area contributed by atoms with Crippen LogP contribution in [0.1, 0.15) is 29.0 Å². The Morgan fingerprint density at radius 2 is 1.87 bits per heavy atom. The Morgan fingerprint density at radius 3 is 2.61 bits per heavy atom. The number of amides is 2. The number of thioether (sulfide) groups is 1. The van der Waals surface area contributed by atoms with Gasteiger partial charge in [-0.25, -0.2) is 4.98 Å². The first kappa shape index (κ1) is 20.9. The number of H-pyrrole nitrogens is 1. The fourth-order valence-corrected chi connectivity index (χ4v) is 4.27. The standard InChI is InChI=1S/C23H22N4O3S/c1-14-7-9-16(10-8-14)24-21(29)17-13-18(28)25-20-19(17)22(30)27-23(26-20)31-12-11-15-5-3-2-4-6-15/h2-10,17H,11-13H2,1H3,(H,24,29)(H2,25,26,27,28,30)/t17-/m1/s1. The highest BCUT2D eigenvalue weighted by molar-refractivity contribution is 7.99. The Morgan fingerprint density at radius 1 is 1.13 bits per heavy atom. The fraction of sp³-hybridized carbons (Fsp3) is 0.217. The molecule has 158 valence electrons. The highest BCUT2D eigenvalue weighted by Gasteiger charge is 2.34. The topological polar surface area (TPSA) is 104 Å². The highest BCUT2D eigenvalue weighted by atomic mass is 32.2. The minimum Gasteiger partial charge on any atom is -0.326 e. The van der Waals surface area contributed by atoms with E-state index in [4.69, 9.17) is 0 Å². The minimum atomic E-state index is -0.898. The van der Waals surface area contributed by atoms with Crippen molar-refractivity contribution in [2.24, 2.45) is 0 Å². The van der Waals surface area contributed by atoms with Gasteiger partial charge in [0.25, 0.3) is 5.56 Å². The summed E-state index contributed by atoms with van der Waals surface area (Å²) in [5.74, 6) is -0.764. The number of nitrogens with zero attached hydrogens (tertiary/aromatic N) is 1. The molecular weight excluding hydrogens is 412 g/mol. The molecule has 1 aromatic heterocycles. The first-order valence-corrected chi connectivity index (χ1v) is 11.0. The number of fused-ring (bicyclic) bond motifs is 1. The monoisotopic (exact) mass is 434 g/mol. The summed E-state index contributed by atoms with van der Waals surface area (Å²) in [6, 6.07) is 17.3. The minimum absolute atomic E-state index is 0.101. The summed E-state index contributed by atoms with van der Waals surface area (Å²) in [7, 11) is 0. The number of rotatable bonds is 6. The summed E-state index contributed by atoms with van der Waals surface area (Å²) in [5, 5.41) is 5.85. The molecule has 31 heavy (non-hydrogen) atoms. The molecule has 2 amide bonds. The van der Waals surface area contributed by atoms with Gasteiger partial charge in [0.05, 0.1) is 11.5 Å². The van der Waals surface area contributed by atoms with Crippen LogP contribution < -0.4 is 16.2 Å². The molecule has 3 N–H and O–H groups in total. The third-order valence-corrected chi connectivity index (χ3v) is 5.91. The smallest absolute Gasteiger partial charge is 0.257 e. The zero-order valence-electron chi connectivity index (χ0n) is 17.0. The summed E-state index contributed by atoms with van der Waals surface area (Å²) in [6.07, 6.45) is 0.718. The Labute approximate surface area is 183 Å². The number of anilines is 2. The summed E-state index contributed by atoms with van der Waals surface area (Å²) >= 11 is 1.40. The average molecular weight is 435 g/mol. The van der Waals surface area contributed by atoms with Crippen LogP contribution in [-0.4, -0.2) is 27.5 Å². The summed E-state index contributed by atoms with van der Waals surface area (Å²) < 4.78 is 0. The van der Waals surface area contributed by atoms with Gasteiger partial charge in [0.1, 0.15) is 5.82 Å². The van der Waals surface area contributed by atoms with Gasteiger partial charge in [0.15, 0.2) is 5.16 Å². The second-order valence-corrected chi connectivity index (χ2v) is 8.46. The second kappa shape index (κ2) is 9.18. The molecule has 7 nitrogen and oxygen atoms in total. The normalized spacial score (nSPS) is 15.1. The van der Waals surface area contributed by atoms with Crippen molar-refractivity contribution in [2.75, 3.05) is 16.4 Å². The molecule has 0 aliphatic carbocycles. The van der Waals surface area contributed by atoms with Gasteiger partial charge in [0, 0.05) is 17.9 Å². The van der Waals surface area contributed by atoms with E-state index in [1.165, 1.54) is 17.3 Å². The van der Waals surface area contributed by atoms with E-state index in [1.807, 2.05) is 49.4 Å². The maximum atomic E-state index is 12.8. The molecule has 0 unspecified atom stereocenters. The maximum Gasteiger partial charge on any atom is 0.257 e. The molecule has 0 fully saturated rings. The van der Waals surface area contributed by atoms with Gasteiger partial charge in [-0.15, -0.1) is 0 Å².